The highest BCUT2D eigenvalue weighted by atomic mass is 32.2. The second-order valence-electron chi connectivity index (χ2n) is 4.24. The Labute approximate surface area is 112 Å². The summed E-state index contributed by atoms with van der Waals surface area (Å²) in [5.74, 6) is 0.425. The Bertz CT molecular complexity index is 407. The summed E-state index contributed by atoms with van der Waals surface area (Å²) in [5.41, 5.74) is 0.639. The smallest absolute Gasteiger partial charge is 0.230 e. The molecule has 0 aliphatic heterocycles. The first kappa shape index (κ1) is 14.8. The molecule has 0 saturated carbocycles. The van der Waals surface area contributed by atoms with E-state index in [1.54, 1.807) is 12.1 Å². The third-order valence-electron chi connectivity index (χ3n) is 2.49. The molecule has 0 heterocycles. The highest BCUT2D eigenvalue weighted by Gasteiger charge is 2.07. The van der Waals surface area contributed by atoms with Gasteiger partial charge in [-0.3, -0.25) is 9.59 Å². The Morgan fingerprint density at radius 1 is 1.50 bits per heavy atom. The molecule has 1 N–H and O–H groups in total. The monoisotopic (exact) mass is 265 g/mol. The van der Waals surface area contributed by atoms with Crippen LogP contribution in [0, 0.1) is 0 Å². The lowest BCUT2D eigenvalue weighted by molar-refractivity contribution is -0.119. The van der Waals surface area contributed by atoms with Crippen molar-refractivity contribution in [2.75, 3.05) is 5.75 Å². The molecule has 0 saturated heterocycles. The molecule has 1 amide bonds. The molecule has 1 aromatic carbocycles. The lowest BCUT2D eigenvalue weighted by Crippen LogP contribution is -2.33. The summed E-state index contributed by atoms with van der Waals surface area (Å²) in [6.45, 7) is 4.11. The predicted octanol–water partition coefficient (Wildman–Crippen LogP) is 2.90. The second kappa shape index (κ2) is 7.93. The van der Waals surface area contributed by atoms with Crippen LogP contribution in [-0.4, -0.2) is 24.0 Å². The van der Waals surface area contributed by atoms with E-state index in [2.05, 4.69) is 12.2 Å². The van der Waals surface area contributed by atoms with E-state index in [4.69, 9.17) is 0 Å². The molecule has 0 spiro atoms. The van der Waals surface area contributed by atoms with Gasteiger partial charge < -0.3 is 5.32 Å². The van der Waals surface area contributed by atoms with Gasteiger partial charge in [-0.05, 0) is 25.5 Å². The van der Waals surface area contributed by atoms with Crippen molar-refractivity contribution in [2.24, 2.45) is 0 Å². The number of aldehydes is 1. The van der Waals surface area contributed by atoms with Crippen LogP contribution in [0.5, 0.6) is 0 Å². The first-order chi connectivity index (χ1) is 8.65. The number of benzene rings is 1. The number of carbonyl (C=O) groups is 2. The summed E-state index contributed by atoms with van der Waals surface area (Å²) >= 11 is 1.45. The molecule has 0 aliphatic carbocycles. The van der Waals surface area contributed by atoms with Gasteiger partial charge in [-0.15, -0.1) is 11.8 Å². The first-order valence-electron chi connectivity index (χ1n) is 6.13. The summed E-state index contributed by atoms with van der Waals surface area (Å²) in [6.07, 6.45) is 2.88. The van der Waals surface area contributed by atoms with Gasteiger partial charge in [0, 0.05) is 16.5 Å². The maximum atomic E-state index is 11.7. The minimum absolute atomic E-state index is 0.0393. The summed E-state index contributed by atoms with van der Waals surface area (Å²) in [6, 6.07) is 7.50. The molecular weight excluding hydrogens is 246 g/mol. The van der Waals surface area contributed by atoms with Gasteiger partial charge in [0.2, 0.25) is 5.91 Å². The second-order valence-corrected chi connectivity index (χ2v) is 5.29. The maximum absolute atomic E-state index is 11.7. The van der Waals surface area contributed by atoms with E-state index in [-0.39, 0.29) is 11.9 Å². The lowest BCUT2D eigenvalue weighted by atomic mass is 10.2. The molecule has 18 heavy (non-hydrogen) atoms. The number of rotatable bonds is 7. The van der Waals surface area contributed by atoms with Crippen molar-refractivity contribution in [3.8, 4) is 0 Å². The molecule has 1 aromatic rings. The third kappa shape index (κ3) is 5.36. The fourth-order valence-corrected chi connectivity index (χ4v) is 2.42. The summed E-state index contributed by atoms with van der Waals surface area (Å²) in [7, 11) is 0. The Kier molecular flexibility index (Phi) is 6.50. The molecule has 0 aromatic heterocycles. The largest absolute Gasteiger partial charge is 0.353 e. The number of thioether (sulfide) groups is 1. The Morgan fingerprint density at radius 3 is 2.94 bits per heavy atom. The average Bonchev–Trinajstić information content (AvgIpc) is 2.37. The maximum Gasteiger partial charge on any atom is 0.230 e. The Balaban J connectivity index is 2.39. The molecule has 0 bridgehead atoms. The van der Waals surface area contributed by atoms with Gasteiger partial charge in [-0.1, -0.05) is 25.5 Å². The standard InChI is InChI=1S/C14H19NO2S/c1-3-5-11(2)15-14(17)10-18-13-7-4-6-12(8-13)9-16/h4,6-9,11H,3,5,10H2,1-2H3,(H,15,17). The van der Waals surface area contributed by atoms with Crippen molar-refractivity contribution in [1.82, 2.24) is 5.32 Å². The summed E-state index contributed by atoms with van der Waals surface area (Å²) < 4.78 is 0. The van der Waals surface area contributed by atoms with E-state index in [0.717, 1.165) is 24.0 Å². The van der Waals surface area contributed by atoms with Gasteiger partial charge in [0.25, 0.3) is 0 Å². The van der Waals surface area contributed by atoms with Crippen LogP contribution < -0.4 is 5.32 Å². The van der Waals surface area contributed by atoms with Crippen LogP contribution in [0.3, 0.4) is 0 Å². The van der Waals surface area contributed by atoms with Crippen molar-refractivity contribution in [3.05, 3.63) is 29.8 Å². The zero-order valence-corrected chi connectivity index (χ0v) is 11.6. The highest BCUT2D eigenvalue weighted by molar-refractivity contribution is 8.00. The van der Waals surface area contributed by atoms with Crippen molar-refractivity contribution in [3.63, 3.8) is 0 Å². The number of amides is 1. The third-order valence-corrected chi connectivity index (χ3v) is 3.49. The zero-order chi connectivity index (χ0) is 13.4. The van der Waals surface area contributed by atoms with E-state index in [1.165, 1.54) is 11.8 Å². The van der Waals surface area contributed by atoms with E-state index in [0.29, 0.717) is 11.3 Å². The SMILES string of the molecule is CCCC(C)NC(=O)CSc1cccc(C=O)c1. The molecule has 1 atom stereocenters. The predicted molar refractivity (Wildman–Crippen MR) is 75.1 cm³/mol. The Morgan fingerprint density at radius 2 is 2.28 bits per heavy atom. The van der Waals surface area contributed by atoms with Gasteiger partial charge in [0.15, 0.2) is 0 Å². The van der Waals surface area contributed by atoms with Gasteiger partial charge in [0.05, 0.1) is 5.75 Å². The van der Waals surface area contributed by atoms with Crippen LogP contribution in [0.25, 0.3) is 0 Å². The van der Waals surface area contributed by atoms with Crippen molar-refractivity contribution < 1.29 is 9.59 Å². The fourth-order valence-electron chi connectivity index (χ4n) is 1.65. The number of nitrogens with one attached hydrogen (secondary N) is 1. The van der Waals surface area contributed by atoms with E-state index in [1.807, 2.05) is 19.1 Å². The van der Waals surface area contributed by atoms with Crippen LogP contribution in [0.1, 0.15) is 37.0 Å². The lowest BCUT2D eigenvalue weighted by Gasteiger charge is -2.12. The van der Waals surface area contributed by atoms with Crippen LogP contribution in [0.2, 0.25) is 0 Å². The Hall–Kier alpha value is -1.29. The van der Waals surface area contributed by atoms with Crippen LogP contribution in [-0.2, 0) is 4.79 Å². The van der Waals surface area contributed by atoms with Gasteiger partial charge >= 0.3 is 0 Å². The number of hydrogen-bond donors (Lipinski definition) is 1. The van der Waals surface area contributed by atoms with Gasteiger partial charge in [-0.25, -0.2) is 0 Å². The molecule has 98 valence electrons. The highest BCUT2D eigenvalue weighted by Crippen LogP contribution is 2.18. The molecule has 3 nitrogen and oxygen atoms in total. The molecule has 1 rings (SSSR count). The normalized spacial score (nSPS) is 11.9. The van der Waals surface area contributed by atoms with Crippen LogP contribution in [0.15, 0.2) is 29.2 Å². The van der Waals surface area contributed by atoms with Gasteiger partial charge in [-0.2, -0.15) is 0 Å². The first-order valence-corrected chi connectivity index (χ1v) is 7.11. The molecule has 4 heteroatoms. The summed E-state index contributed by atoms with van der Waals surface area (Å²) in [4.78, 5) is 23.2. The number of hydrogen-bond acceptors (Lipinski definition) is 3. The van der Waals surface area contributed by atoms with Gasteiger partial charge in [0.1, 0.15) is 6.29 Å². The number of carbonyl (C=O) groups excluding carboxylic acids is 2. The fraction of sp³-hybridized carbons (Fsp3) is 0.429. The van der Waals surface area contributed by atoms with Crippen molar-refractivity contribution in [2.45, 2.75) is 37.6 Å². The minimum atomic E-state index is 0.0393. The van der Waals surface area contributed by atoms with E-state index < -0.39 is 0 Å². The minimum Gasteiger partial charge on any atom is -0.353 e. The topological polar surface area (TPSA) is 46.2 Å². The zero-order valence-electron chi connectivity index (χ0n) is 10.8. The molecule has 1 unspecified atom stereocenters. The van der Waals surface area contributed by atoms with E-state index >= 15 is 0 Å². The van der Waals surface area contributed by atoms with Crippen LogP contribution in [0.4, 0.5) is 0 Å². The quantitative estimate of drug-likeness (QED) is 0.609. The van der Waals surface area contributed by atoms with Crippen LogP contribution >= 0.6 is 11.8 Å². The van der Waals surface area contributed by atoms with E-state index in [9.17, 15) is 9.59 Å². The molecule has 0 aliphatic rings. The van der Waals surface area contributed by atoms with Crippen molar-refractivity contribution >= 4 is 24.0 Å². The summed E-state index contributed by atoms with van der Waals surface area (Å²) in [5, 5.41) is 2.95. The van der Waals surface area contributed by atoms with Crippen molar-refractivity contribution in [1.29, 1.82) is 0 Å². The molecule has 0 radical (unpaired) electrons. The molecule has 0 fully saturated rings. The molecular formula is C14H19NO2S. The average molecular weight is 265 g/mol.